The van der Waals surface area contributed by atoms with E-state index in [0.29, 0.717) is 17.4 Å². The van der Waals surface area contributed by atoms with Gasteiger partial charge in [0.25, 0.3) is 5.91 Å². The molecule has 1 heterocycles. The minimum Gasteiger partial charge on any atom is -0.508 e. The maximum absolute atomic E-state index is 12.6. The number of carbonyl (C=O) groups excluding carboxylic acids is 1. The van der Waals surface area contributed by atoms with Gasteiger partial charge < -0.3 is 9.84 Å². The van der Waals surface area contributed by atoms with Crippen molar-refractivity contribution in [2.24, 2.45) is 5.10 Å². The Morgan fingerprint density at radius 3 is 2.36 bits per heavy atom. The zero-order valence-electron chi connectivity index (χ0n) is 20.3. The Labute approximate surface area is 214 Å². The second-order valence-electron chi connectivity index (χ2n) is 7.99. The monoisotopic (exact) mass is 501 g/mol. The van der Waals surface area contributed by atoms with Crippen LogP contribution in [0.15, 0.2) is 83.1 Å². The summed E-state index contributed by atoms with van der Waals surface area (Å²) in [6.07, 6.45) is 0.629. The molecule has 0 bridgehead atoms. The van der Waals surface area contributed by atoms with E-state index >= 15 is 0 Å². The number of amides is 1. The fraction of sp³-hybridized carbons (Fsp3) is 0.185. The number of rotatable bonds is 9. The van der Waals surface area contributed by atoms with Gasteiger partial charge in [-0.3, -0.25) is 9.36 Å². The number of nitrogens with zero attached hydrogens (tertiary/aromatic N) is 4. The van der Waals surface area contributed by atoms with Gasteiger partial charge in [-0.15, -0.1) is 10.2 Å². The molecule has 184 valence electrons. The summed E-state index contributed by atoms with van der Waals surface area (Å²) in [5, 5.41) is 23.2. The highest BCUT2D eigenvalue weighted by Crippen LogP contribution is 2.29. The number of carbonyl (C=O) groups is 1. The molecule has 36 heavy (non-hydrogen) atoms. The summed E-state index contributed by atoms with van der Waals surface area (Å²) < 4.78 is 7.22. The van der Waals surface area contributed by atoms with Gasteiger partial charge in [0.2, 0.25) is 0 Å². The van der Waals surface area contributed by atoms with Crippen molar-refractivity contribution >= 4 is 23.4 Å². The molecular weight excluding hydrogens is 474 g/mol. The third kappa shape index (κ3) is 5.92. The first-order chi connectivity index (χ1) is 17.5. The number of ether oxygens (including phenoxy) is 1. The van der Waals surface area contributed by atoms with Crippen LogP contribution in [-0.2, 0) is 4.79 Å². The van der Waals surface area contributed by atoms with Crippen LogP contribution in [0.1, 0.15) is 24.5 Å². The van der Waals surface area contributed by atoms with Crippen LogP contribution in [-0.4, -0.2) is 44.4 Å². The predicted molar refractivity (Wildman–Crippen MR) is 142 cm³/mol. The number of hydrogen-bond acceptors (Lipinski definition) is 7. The molecule has 8 nitrogen and oxygen atoms in total. The first kappa shape index (κ1) is 25.0. The maximum Gasteiger partial charge on any atom is 0.250 e. The number of aromatic nitrogens is 3. The molecule has 2 N–H and O–H groups in total. The van der Waals surface area contributed by atoms with Gasteiger partial charge in [0.1, 0.15) is 11.5 Å². The molecule has 0 aliphatic carbocycles. The molecule has 0 aliphatic heterocycles. The van der Waals surface area contributed by atoms with E-state index in [-0.39, 0.29) is 17.4 Å². The predicted octanol–water partition coefficient (Wildman–Crippen LogP) is 4.98. The Balaban J connectivity index is 1.54. The van der Waals surface area contributed by atoms with E-state index in [4.69, 9.17) is 4.74 Å². The number of nitrogens with one attached hydrogen (secondary N) is 1. The molecule has 0 saturated carbocycles. The van der Waals surface area contributed by atoms with Crippen LogP contribution in [0.3, 0.4) is 0 Å². The number of phenolic OH excluding ortho intramolecular Hbond substituents is 1. The van der Waals surface area contributed by atoms with Crippen molar-refractivity contribution in [1.82, 2.24) is 20.2 Å². The van der Waals surface area contributed by atoms with E-state index in [2.05, 4.69) is 20.7 Å². The quantitative estimate of drug-likeness (QED) is 0.191. The highest BCUT2D eigenvalue weighted by atomic mass is 32.2. The smallest absolute Gasteiger partial charge is 0.250 e. The SMILES string of the molecule is CC/C(=N/NC(=O)CSc1nnc(-c2ccc(C)cc2)n1-c1ccc(OC)cc1)c1ccc(O)cc1. The molecule has 0 unspecified atom stereocenters. The maximum atomic E-state index is 12.6. The molecule has 0 saturated heterocycles. The molecule has 4 aromatic rings. The normalized spacial score (nSPS) is 11.4. The largest absolute Gasteiger partial charge is 0.508 e. The summed E-state index contributed by atoms with van der Waals surface area (Å²) >= 11 is 1.28. The van der Waals surface area contributed by atoms with Crippen LogP contribution >= 0.6 is 11.8 Å². The van der Waals surface area contributed by atoms with Crippen molar-refractivity contribution in [2.75, 3.05) is 12.9 Å². The van der Waals surface area contributed by atoms with Gasteiger partial charge in [-0.1, -0.05) is 48.5 Å². The number of thioether (sulfide) groups is 1. The summed E-state index contributed by atoms with van der Waals surface area (Å²) in [7, 11) is 1.62. The first-order valence-corrected chi connectivity index (χ1v) is 12.4. The molecular formula is C27H27N5O3S. The lowest BCUT2D eigenvalue weighted by Crippen LogP contribution is -2.22. The van der Waals surface area contributed by atoms with Crippen LogP contribution in [0, 0.1) is 6.92 Å². The van der Waals surface area contributed by atoms with Gasteiger partial charge in [0.05, 0.1) is 18.6 Å². The molecule has 1 amide bonds. The minimum atomic E-state index is -0.258. The molecule has 0 fully saturated rings. The Hall–Kier alpha value is -4.11. The molecule has 4 rings (SSSR count). The average Bonchev–Trinajstić information content (AvgIpc) is 3.33. The standard InChI is InChI=1S/C27H27N5O3S/c1-4-24(19-9-13-22(33)14-10-19)28-29-25(34)17-36-27-31-30-26(20-7-5-18(2)6-8-20)32(27)21-11-15-23(35-3)16-12-21/h5-16,33H,4,17H2,1-3H3,(H,29,34)/b28-24-. The number of phenols is 1. The number of methoxy groups -OCH3 is 1. The Morgan fingerprint density at radius 2 is 1.72 bits per heavy atom. The fourth-order valence-corrected chi connectivity index (χ4v) is 4.26. The van der Waals surface area contributed by atoms with Gasteiger partial charge in [-0.05, 0) is 67.4 Å². The Kier molecular flexibility index (Phi) is 8.02. The fourth-order valence-electron chi connectivity index (χ4n) is 3.51. The molecule has 0 atom stereocenters. The number of aromatic hydroxyl groups is 1. The summed E-state index contributed by atoms with van der Waals surface area (Å²) in [6.45, 7) is 3.99. The number of benzene rings is 3. The van der Waals surface area contributed by atoms with E-state index in [0.717, 1.165) is 33.8 Å². The topological polar surface area (TPSA) is 102 Å². The molecule has 3 aromatic carbocycles. The van der Waals surface area contributed by atoms with E-state index in [1.165, 1.54) is 11.8 Å². The van der Waals surface area contributed by atoms with Crippen LogP contribution in [0.2, 0.25) is 0 Å². The lowest BCUT2D eigenvalue weighted by molar-refractivity contribution is -0.118. The van der Waals surface area contributed by atoms with Crippen molar-refractivity contribution < 1.29 is 14.6 Å². The lowest BCUT2D eigenvalue weighted by Gasteiger charge is -2.11. The van der Waals surface area contributed by atoms with Gasteiger partial charge in [0.15, 0.2) is 11.0 Å². The van der Waals surface area contributed by atoms with Crippen LogP contribution in [0.5, 0.6) is 11.5 Å². The second kappa shape index (κ2) is 11.5. The zero-order chi connectivity index (χ0) is 25.5. The highest BCUT2D eigenvalue weighted by Gasteiger charge is 2.17. The van der Waals surface area contributed by atoms with Crippen molar-refractivity contribution in [1.29, 1.82) is 0 Å². The van der Waals surface area contributed by atoms with E-state index < -0.39 is 0 Å². The van der Waals surface area contributed by atoms with Crippen molar-refractivity contribution in [3.63, 3.8) is 0 Å². The van der Waals surface area contributed by atoms with Crippen LogP contribution < -0.4 is 10.2 Å². The van der Waals surface area contributed by atoms with Gasteiger partial charge in [-0.2, -0.15) is 5.10 Å². The third-order valence-corrected chi connectivity index (χ3v) is 6.39. The van der Waals surface area contributed by atoms with Crippen molar-refractivity contribution in [2.45, 2.75) is 25.4 Å². The molecule has 0 spiro atoms. The zero-order valence-corrected chi connectivity index (χ0v) is 21.1. The number of hydrazone groups is 1. The summed E-state index contributed by atoms with van der Waals surface area (Å²) in [6, 6.07) is 22.4. The van der Waals surface area contributed by atoms with Crippen molar-refractivity contribution in [3.8, 4) is 28.6 Å². The lowest BCUT2D eigenvalue weighted by atomic mass is 10.1. The summed E-state index contributed by atoms with van der Waals surface area (Å²) in [5.74, 6) is 1.46. The van der Waals surface area contributed by atoms with E-state index in [1.807, 2.05) is 66.9 Å². The summed E-state index contributed by atoms with van der Waals surface area (Å²) in [5.41, 5.74) is 7.12. The highest BCUT2D eigenvalue weighted by molar-refractivity contribution is 7.99. The van der Waals surface area contributed by atoms with Crippen LogP contribution in [0.25, 0.3) is 17.1 Å². The van der Waals surface area contributed by atoms with Crippen LogP contribution in [0.4, 0.5) is 0 Å². The minimum absolute atomic E-state index is 0.109. The first-order valence-electron chi connectivity index (χ1n) is 11.4. The molecule has 9 heteroatoms. The van der Waals surface area contributed by atoms with Crippen molar-refractivity contribution in [3.05, 3.63) is 83.9 Å². The summed E-state index contributed by atoms with van der Waals surface area (Å²) in [4.78, 5) is 12.6. The molecule has 0 radical (unpaired) electrons. The molecule has 0 aliphatic rings. The van der Waals surface area contributed by atoms with Gasteiger partial charge >= 0.3 is 0 Å². The number of hydrogen-bond donors (Lipinski definition) is 2. The van der Waals surface area contributed by atoms with E-state index in [1.54, 1.807) is 31.4 Å². The Morgan fingerprint density at radius 1 is 1.03 bits per heavy atom. The van der Waals surface area contributed by atoms with E-state index in [9.17, 15) is 9.90 Å². The molecule has 1 aromatic heterocycles. The Bertz CT molecular complexity index is 1350. The third-order valence-electron chi connectivity index (χ3n) is 5.46. The van der Waals surface area contributed by atoms with Gasteiger partial charge in [-0.25, -0.2) is 5.43 Å². The van der Waals surface area contributed by atoms with Gasteiger partial charge in [0, 0.05) is 11.3 Å². The number of aryl methyl sites for hydroxylation is 1. The second-order valence-corrected chi connectivity index (χ2v) is 8.93. The average molecular weight is 502 g/mol.